The van der Waals surface area contributed by atoms with Gasteiger partial charge in [-0.05, 0) is 48.7 Å². The van der Waals surface area contributed by atoms with Gasteiger partial charge in [-0.1, -0.05) is 43.2 Å². The molecule has 0 N–H and O–H groups in total. The highest BCUT2D eigenvalue weighted by Gasteiger charge is 1.96. The molecule has 0 saturated heterocycles. The van der Waals surface area contributed by atoms with Crippen LogP contribution in [0.25, 0.3) is 0 Å². The molecule has 0 atom stereocenters. The lowest BCUT2D eigenvalue weighted by molar-refractivity contribution is 0.306. The molecule has 0 aromatic heterocycles. The lowest BCUT2D eigenvalue weighted by atomic mass is 10.2. The second-order valence-electron chi connectivity index (χ2n) is 5.23. The maximum Gasteiger partial charge on any atom is 0.119 e. The minimum Gasteiger partial charge on any atom is -0.489 e. The third-order valence-electron chi connectivity index (χ3n) is 3.29. The average Bonchev–Trinajstić information content (AvgIpc) is 2.52. The Hall–Kier alpha value is -2.09. The predicted molar refractivity (Wildman–Crippen MR) is 89.3 cm³/mol. The minimum absolute atomic E-state index is 0.601. The Labute approximate surface area is 127 Å². The molecule has 2 heteroatoms. The summed E-state index contributed by atoms with van der Waals surface area (Å²) < 4.78 is 5.79. The molecule has 0 aliphatic carbocycles. The lowest BCUT2D eigenvalue weighted by Gasteiger charge is -2.06. The highest BCUT2D eigenvalue weighted by atomic mass is 16.5. The van der Waals surface area contributed by atoms with Crippen LogP contribution in [-0.4, -0.2) is 12.8 Å². The van der Waals surface area contributed by atoms with Crippen LogP contribution in [-0.2, 0) is 6.61 Å². The first-order chi connectivity index (χ1) is 10.3. The first-order valence-corrected chi connectivity index (χ1v) is 7.56. The third kappa shape index (κ3) is 5.42. The van der Waals surface area contributed by atoms with Crippen LogP contribution in [0.1, 0.15) is 36.5 Å². The molecule has 21 heavy (non-hydrogen) atoms. The van der Waals surface area contributed by atoms with Gasteiger partial charge in [-0.25, -0.2) is 0 Å². The zero-order valence-corrected chi connectivity index (χ0v) is 12.9. The molecule has 0 aliphatic rings. The van der Waals surface area contributed by atoms with Gasteiger partial charge in [-0.3, -0.25) is 4.99 Å². The summed E-state index contributed by atoms with van der Waals surface area (Å²) in [6.07, 6.45) is 4.26. The van der Waals surface area contributed by atoms with Crippen molar-refractivity contribution in [1.29, 1.82) is 0 Å². The van der Waals surface area contributed by atoms with E-state index in [1.807, 2.05) is 30.5 Å². The van der Waals surface area contributed by atoms with E-state index in [0.717, 1.165) is 24.3 Å². The van der Waals surface area contributed by atoms with Crippen LogP contribution in [0.4, 0.5) is 0 Å². The van der Waals surface area contributed by atoms with Crippen LogP contribution >= 0.6 is 0 Å². The van der Waals surface area contributed by atoms with Gasteiger partial charge in [-0.15, -0.1) is 0 Å². The van der Waals surface area contributed by atoms with Crippen molar-refractivity contribution in [3.8, 4) is 5.75 Å². The molecule has 0 aliphatic heterocycles. The van der Waals surface area contributed by atoms with Gasteiger partial charge in [0.1, 0.15) is 12.4 Å². The Morgan fingerprint density at radius 3 is 2.38 bits per heavy atom. The number of unbranched alkanes of at least 4 members (excludes halogenated alkanes) is 1. The largest absolute Gasteiger partial charge is 0.489 e. The van der Waals surface area contributed by atoms with Crippen molar-refractivity contribution in [2.24, 2.45) is 4.99 Å². The fraction of sp³-hybridized carbons (Fsp3) is 0.316. The van der Waals surface area contributed by atoms with Crippen molar-refractivity contribution >= 4 is 6.21 Å². The van der Waals surface area contributed by atoms with E-state index < -0.39 is 0 Å². The van der Waals surface area contributed by atoms with Crippen molar-refractivity contribution < 1.29 is 4.74 Å². The highest BCUT2D eigenvalue weighted by Crippen LogP contribution is 2.14. The third-order valence-corrected chi connectivity index (χ3v) is 3.29. The second-order valence-corrected chi connectivity index (χ2v) is 5.23. The van der Waals surface area contributed by atoms with E-state index in [4.69, 9.17) is 4.74 Å². The van der Waals surface area contributed by atoms with E-state index in [1.165, 1.54) is 17.5 Å². The summed E-state index contributed by atoms with van der Waals surface area (Å²) in [5, 5.41) is 0. The molecule has 2 nitrogen and oxygen atoms in total. The second kappa shape index (κ2) is 8.25. The monoisotopic (exact) mass is 281 g/mol. The quantitative estimate of drug-likeness (QED) is 0.528. The van der Waals surface area contributed by atoms with E-state index in [-0.39, 0.29) is 0 Å². The van der Waals surface area contributed by atoms with Gasteiger partial charge in [0.05, 0.1) is 0 Å². The van der Waals surface area contributed by atoms with Gasteiger partial charge >= 0.3 is 0 Å². The van der Waals surface area contributed by atoms with Crippen LogP contribution in [0.2, 0.25) is 0 Å². The lowest BCUT2D eigenvalue weighted by Crippen LogP contribution is -1.95. The first kappa shape index (κ1) is 15.3. The Morgan fingerprint density at radius 1 is 1.00 bits per heavy atom. The molecular formula is C19H23NO. The predicted octanol–water partition coefficient (Wildman–Crippen LogP) is 4.79. The van der Waals surface area contributed by atoms with Crippen LogP contribution in [0, 0.1) is 6.92 Å². The fourth-order valence-electron chi connectivity index (χ4n) is 1.92. The van der Waals surface area contributed by atoms with Gasteiger partial charge in [0.15, 0.2) is 0 Å². The van der Waals surface area contributed by atoms with Crippen molar-refractivity contribution in [2.75, 3.05) is 6.54 Å². The summed E-state index contributed by atoms with van der Waals surface area (Å²) >= 11 is 0. The summed E-state index contributed by atoms with van der Waals surface area (Å²) in [5.74, 6) is 0.890. The normalized spacial score (nSPS) is 11.0. The molecule has 0 saturated carbocycles. The topological polar surface area (TPSA) is 21.6 Å². The number of hydrogen-bond donors (Lipinski definition) is 0. The molecule has 2 rings (SSSR count). The van der Waals surface area contributed by atoms with E-state index >= 15 is 0 Å². The number of aryl methyl sites for hydroxylation is 1. The maximum absolute atomic E-state index is 5.79. The molecule has 0 bridgehead atoms. The first-order valence-electron chi connectivity index (χ1n) is 7.56. The van der Waals surface area contributed by atoms with E-state index in [1.54, 1.807) is 0 Å². The number of ether oxygens (including phenoxy) is 1. The average molecular weight is 281 g/mol. The van der Waals surface area contributed by atoms with Crippen LogP contribution in [0.3, 0.4) is 0 Å². The molecular weight excluding hydrogens is 258 g/mol. The van der Waals surface area contributed by atoms with E-state index in [0.29, 0.717) is 6.61 Å². The summed E-state index contributed by atoms with van der Waals surface area (Å²) in [4.78, 5) is 4.40. The standard InChI is InChI=1S/C19H23NO/c1-3-4-13-20-14-17-9-11-19(12-10-17)21-15-18-7-5-16(2)6-8-18/h5-12,14H,3-4,13,15H2,1-2H3/b20-14+. The fourth-order valence-corrected chi connectivity index (χ4v) is 1.92. The summed E-state index contributed by atoms with van der Waals surface area (Å²) in [6, 6.07) is 16.5. The highest BCUT2D eigenvalue weighted by molar-refractivity contribution is 5.79. The van der Waals surface area contributed by atoms with E-state index in [9.17, 15) is 0 Å². The van der Waals surface area contributed by atoms with Gasteiger partial charge in [-0.2, -0.15) is 0 Å². The van der Waals surface area contributed by atoms with Crippen molar-refractivity contribution in [3.63, 3.8) is 0 Å². The zero-order chi connectivity index (χ0) is 14.9. The Bertz CT molecular complexity index is 555. The molecule has 0 amide bonds. The van der Waals surface area contributed by atoms with Crippen LogP contribution < -0.4 is 4.74 Å². The molecule has 0 fully saturated rings. The number of rotatable bonds is 7. The number of hydrogen-bond acceptors (Lipinski definition) is 2. The van der Waals surface area contributed by atoms with Gasteiger partial charge in [0.25, 0.3) is 0 Å². The van der Waals surface area contributed by atoms with Crippen LogP contribution in [0.15, 0.2) is 53.5 Å². The smallest absolute Gasteiger partial charge is 0.119 e. The number of aliphatic imine (C=N–C) groups is 1. The van der Waals surface area contributed by atoms with Gasteiger partial charge in [0, 0.05) is 12.8 Å². The number of nitrogens with zero attached hydrogens (tertiary/aromatic N) is 1. The molecule has 0 radical (unpaired) electrons. The van der Waals surface area contributed by atoms with Crippen molar-refractivity contribution in [2.45, 2.75) is 33.3 Å². The molecule has 0 spiro atoms. The zero-order valence-electron chi connectivity index (χ0n) is 12.9. The van der Waals surface area contributed by atoms with Gasteiger partial charge in [0.2, 0.25) is 0 Å². The summed E-state index contributed by atoms with van der Waals surface area (Å²) in [5.41, 5.74) is 3.57. The molecule has 0 unspecified atom stereocenters. The number of benzene rings is 2. The Kier molecular flexibility index (Phi) is 6.01. The molecule has 0 heterocycles. The maximum atomic E-state index is 5.79. The Morgan fingerprint density at radius 2 is 1.71 bits per heavy atom. The van der Waals surface area contributed by atoms with Crippen LogP contribution in [0.5, 0.6) is 5.75 Å². The molecule has 110 valence electrons. The van der Waals surface area contributed by atoms with Crippen molar-refractivity contribution in [3.05, 3.63) is 65.2 Å². The SMILES string of the molecule is CCCC/N=C/c1ccc(OCc2ccc(C)cc2)cc1. The summed E-state index contributed by atoms with van der Waals surface area (Å²) in [6.45, 7) is 5.77. The van der Waals surface area contributed by atoms with Crippen molar-refractivity contribution in [1.82, 2.24) is 0 Å². The minimum atomic E-state index is 0.601. The molecule has 2 aromatic carbocycles. The Balaban J connectivity index is 1.84. The van der Waals surface area contributed by atoms with Gasteiger partial charge < -0.3 is 4.74 Å². The van der Waals surface area contributed by atoms with E-state index in [2.05, 4.69) is 43.1 Å². The summed E-state index contributed by atoms with van der Waals surface area (Å²) in [7, 11) is 0. The molecule has 2 aromatic rings.